The standard InChI is InChI=1S/C26H34N6O3S/c1-3-9-30(10-4-2)11-12-31-13-15-32(16-14-31)36(34,35)21-6-8-23(28-19-21)25-22-7-5-20(18-27)17-24(22)29-26(25)33/h5-8,17,19,29,33H,3-4,9-16H2,1-2H3. The van der Waals surface area contributed by atoms with Crippen molar-refractivity contribution in [2.45, 2.75) is 31.6 Å². The van der Waals surface area contributed by atoms with E-state index in [2.05, 4.69) is 39.7 Å². The molecule has 3 heterocycles. The summed E-state index contributed by atoms with van der Waals surface area (Å²) in [4.78, 5) is 12.2. The SMILES string of the molecule is CCCN(CCC)CCN1CCN(S(=O)(=O)c2ccc(-c3c(O)[nH]c4cc(C#N)ccc34)nc2)CC1. The summed E-state index contributed by atoms with van der Waals surface area (Å²) in [6.07, 6.45) is 3.63. The van der Waals surface area contributed by atoms with Crippen molar-refractivity contribution in [3.8, 4) is 23.2 Å². The van der Waals surface area contributed by atoms with E-state index in [0.717, 1.165) is 39.0 Å². The Labute approximate surface area is 213 Å². The number of hydrogen-bond donors (Lipinski definition) is 2. The molecule has 3 aromatic rings. The second-order valence-corrected chi connectivity index (χ2v) is 11.1. The number of nitrogens with one attached hydrogen (secondary N) is 1. The second kappa shape index (κ2) is 11.4. The molecule has 2 N–H and O–H groups in total. The molecular formula is C26H34N6O3S. The quantitative estimate of drug-likeness (QED) is 0.430. The summed E-state index contributed by atoms with van der Waals surface area (Å²) in [5, 5.41) is 20.2. The van der Waals surface area contributed by atoms with Crippen LogP contribution >= 0.6 is 0 Å². The molecule has 2 aromatic heterocycles. The van der Waals surface area contributed by atoms with Gasteiger partial charge in [-0.2, -0.15) is 9.57 Å². The number of rotatable bonds is 10. The zero-order chi connectivity index (χ0) is 25.7. The highest BCUT2D eigenvalue weighted by atomic mass is 32.2. The van der Waals surface area contributed by atoms with Gasteiger partial charge < -0.3 is 15.0 Å². The van der Waals surface area contributed by atoms with Crippen molar-refractivity contribution in [1.82, 2.24) is 24.1 Å². The minimum absolute atomic E-state index is 0.0734. The summed E-state index contributed by atoms with van der Waals surface area (Å²) < 4.78 is 28.0. The second-order valence-electron chi connectivity index (χ2n) is 9.19. The first kappa shape index (κ1) is 26.1. The van der Waals surface area contributed by atoms with Gasteiger partial charge in [-0.1, -0.05) is 19.9 Å². The molecule has 1 aliphatic rings. The molecule has 4 rings (SSSR count). The lowest BCUT2D eigenvalue weighted by atomic mass is 10.1. The van der Waals surface area contributed by atoms with Crippen molar-refractivity contribution in [2.75, 3.05) is 52.4 Å². The van der Waals surface area contributed by atoms with Gasteiger partial charge in [-0.3, -0.25) is 9.88 Å². The lowest BCUT2D eigenvalue weighted by Crippen LogP contribution is -2.50. The summed E-state index contributed by atoms with van der Waals surface area (Å²) in [5.41, 5.74) is 2.03. The zero-order valence-electron chi connectivity index (χ0n) is 20.9. The molecule has 10 heteroatoms. The number of H-pyrrole nitrogens is 1. The Morgan fingerprint density at radius 1 is 1.08 bits per heavy atom. The molecule has 0 aliphatic carbocycles. The predicted octanol–water partition coefficient (Wildman–Crippen LogP) is 3.24. The number of nitriles is 1. The third-order valence-electron chi connectivity index (χ3n) is 6.68. The Kier molecular flexibility index (Phi) is 8.26. The summed E-state index contributed by atoms with van der Waals surface area (Å²) in [5.74, 6) is -0.0734. The van der Waals surface area contributed by atoms with Gasteiger partial charge in [-0.15, -0.1) is 0 Å². The van der Waals surface area contributed by atoms with Gasteiger partial charge in [0, 0.05) is 50.9 Å². The van der Waals surface area contributed by atoms with E-state index in [1.54, 1.807) is 30.3 Å². The third-order valence-corrected chi connectivity index (χ3v) is 8.56. The molecule has 1 saturated heterocycles. The Balaban J connectivity index is 1.42. The van der Waals surface area contributed by atoms with Gasteiger partial charge in [-0.25, -0.2) is 8.42 Å². The fourth-order valence-corrected chi connectivity index (χ4v) is 6.15. The number of aromatic amines is 1. The fourth-order valence-electron chi connectivity index (χ4n) is 4.79. The maximum absolute atomic E-state index is 13.3. The maximum atomic E-state index is 13.3. The normalized spacial score (nSPS) is 15.5. The van der Waals surface area contributed by atoms with E-state index in [9.17, 15) is 13.5 Å². The smallest absolute Gasteiger partial charge is 0.244 e. The molecule has 0 spiro atoms. The van der Waals surface area contributed by atoms with Crippen molar-refractivity contribution < 1.29 is 13.5 Å². The number of piperazine rings is 1. The van der Waals surface area contributed by atoms with Crippen molar-refractivity contribution >= 4 is 20.9 Å². The van der Waals surface area contributed by atoms with Crippen LogP contribution in [0, 0.1) is 11.3 Å². The van der Waals surface area contributed by atoms with E-state index in [1.165, 1.54) is 10.5 Å². The Hall–Kier alpha value is -2.97. The first-order chi connectivity index (χ1) is 17.4. The molecule has 0 unspecified atom stereocenters. The van der Waals surface area contributed by atoms with Crippen LogP contribution in [0.25, 0.3) is 22.2 Å². The van der Waals surface area contributed by atoms with E-state index in [4.69, 9.17) is 5.26 Å². The number of fused-ring (bicyclic) bond motifs is 1. The molecule has 192 valence electrons. The fraction of sp³-hybridized carbons (Fsp3) is 0.462. The first-order valence-corrected chi connectivity index (χ1v) is 14.0. The molecule has 36 heavy (non-hydrogen) atoms. The minimum atomic E-state index is -3.65. The Bertz CT molecular complexity index is 1320. The highest BCUT2D eigenvalue weighted by Crippen LogP contribution is 2.36. The van der Waals surface area contributed by atoms with Crippen LogP contribution in [0.3, 0.4) is 0 Å². The van der Waals surface area contributed by atoms with Gasteiger partial charge in [0.05, 0.1) is 28.4 Å². The third kappa shape index (κ3) is 5.55. The molecule has 0 bridgehead atoms. The molecule has 1 fully saturated rings. The van der Waals surface area contributed by atoms with E-state index in [-0.39, 0.29) is 10.8 Å². The minimum Gasteiger partial charge on any atom is -0.494 e. The molecule has 0 amide bonds. The Morgan fingerprint density at radius 2 is 1.81 bits per heavy atom. The van der Waals surface area contributed by atoms with Crippen molar-refractivity contribution in [3.63, 3.8) is 0 Å². The number of pyridine rings is 1. The van der Waals surface area contributed by atoms with Crippen LogP contribution in [0.1, 0.15) is 32.3 Å². The predicted molar refractivity (Wildman–Crippen MR) is 140 cm³/mol. The van der Waals surface area contributed by atoms with Crippen LogP contribution in [0.5, 0.6) is 5.88 Å². The molecule has 0 atom stereocenters. The van der Waals surface area contributed by atoms with E-state index >= 15 is 0 Å². The summed E-state index contributed by atoms with van der Waals surface area (Å²) in [7, 11) is -3.65. The zero-order valence-corrected chi connectivity index (χ0v) is 21.8. The summed E-state index contributed by atoms with van der Waals surface area (Å²) in [6.45, 7) is 10.9. The lowest BCUT2D eigenvalue weighted by molar-refractivity contribution is 0.159. The molecule has 1 aliphatic heterocycles. The number of benzene rings is 1. The van der Waals surface area contributed by atoms with Crippen molar-refractivity contribution in [2.24, 2.45) is 0 Å². The van der Waals surface area contributed by atoms with Crippen LogP contribution in [0.15, 0.2) is 41.4 Å². The largest absolute Gasteiger partial charge is 0.494 e. The van der Waals surface area contributed by atoms with Crippen LogP contribution in [0.4, 0.5) is 0 Å². The number of aromatic hydroxyl groups is 1. The topological polar surface area (TPSA) is 117 Å². The van der Waals surface area contributed by atoms with Crippen molar-refractivity contribution in [1.29, 1.82) is 5.26 Å². The van der Waals surface area contributed by atoms with E-state index in [1.807, 2.05) is 0 Å². The van der Waals surface area contributed by atoms with Crippen LogP contribution < -0.4 is 0 Å². The van der Waals surface area contributed by atoms with Gasteiger partial charge in [-0.05, 0) is 50.2 Å². The number of hydrogen-bond acceptors (Lipinski definition) is 7. The molecule has 0 saturated carbocycles. The van der Waals surface area contributed by atoms with Gasteiger partial charge in [0.2, 0.25) is 10.0 Å². The highest BCUT2D eigenvalue weighted by Gasteiger charge is 2.29. The monoisotopic (exact) mass is 510 g/mol. The highest BCUT2D eigenvalue weighted by molar-refractivity contribution is 7.89. The van der Waals surface area contributed by atoms with E-state index < -0.39 is 10.0 Å². The summed E-state index contributed by atoms with van der Waals surface area (Å²) in [6, 6.07) is 10.3. The van der Waals surface area contributed by atoms with Gasteiger partial charge in [0.15, 0.2) is 5.88 Å². The van der Waals surface area contributed by atoms with Gasteiger partial charge in [0.1, 0.15) is 4.90 Å². The van der Waals surface area contributed by atoms with E-state index in [0.29, 0.717) is 53.9 Å². The Morgan fingerprint density at radius 3 is 2.42 bits per heavy atom. The van der Waals surface area contributed by atoms with Gasteiger partial charge in [0.25, 0.3) is 0 Å². The molecule has 0 radical (unpaired) electrons. The number of sulfonamides is 1. The molecule has 9 nitrogen and oxygen atoms in total. The van der Waals surface area contributed by atoms with Gasteiger partial charge >= 0.3 is 0 Å². The number of nitrogens with zero attached hydrogens (tertiary/aromatic N) is 5. The van der Waals surface area contributed by atoms with Crippen LogP contribution in [-0.4, -0.2) is 90.0 Å². The average molecular weight is 511 g/mol. The summed E-state index contributed by atoms with van der Waals surface area (Å²) >= 11 is 0. The number of aromatic nitrogens is 2. The lowest BCUT2D eigenvalue weighted by Gasteiger charge is -2.35. The van der Waals surface area contributed by atoms with Crippen LogP contribution in [0.2, 0.25) is 0 Å². The average Bonchev–Trinajstić information content (AvgIpc) is 3.22. The van der Waals surface area contributed by atoms with Crippen LogP contribution in [-0.2, 0) is 10.0 Å². The maximum Gasteiger partial charge on any atom is 0.244 e. The first-order valence-electron chi connectivity index (χ1n) is 12.5. The molecular weight excluding hydrogens is 476 g/mol. The van der Waals surface area contributed by atoms with Crippen molar-refractivity contribution in [3.05, 3.63) is 42.1 Å². The molecule has 1 aromatic carbocycles.